The van der Waals surface area contributed by atoms with Gasteiger partial charge in [0.15, 0.2) is 15.8 Å². The minimum atomic E-state index is -3.23. The minimum absolute atomic E-state index is 0.207. The van der Waals surface area contributed by atoms with E-state index in [0.717, 1.165) is 5.56 Å². The van der Waals surface area contributed by atoms with Crippen LogP contribution in [0, 0.1) is 12.7 Å². The molecule has 0 saturated carbocycles. The fourth-order valence-corrected chi connectivity index (χ4v) is 3.32. The van der Waals surface area contributed by atoms with Crippen LogP contribution in [0.2, 0.25) is 0 Å². The third kappa shape index (κ3) is 5.25. The minimum Gasteiger partial charge on any atom is -0.352 e. The number of aryl methyl sites for hydroxylation is 1. The van der Waals surface area contributed by atoms with Crippen LogP contribution >= 0.6 is 0 Å². The number of aliphatic imine (C=N–C) groups is 1. The predicted molar refractivity (Wildman–Crippen MR) is 95.5 cm³/mol. The lowest BCUT2D eigenvalue weighted by Gasteiger charge is -2.13. The molecule has 0 spiro atoms. The van der Waals surface area contributed by atoms with E-state index in [1.807, 2.05) is 6.07 Å². The second-order valence-corrected chi connectivity index (χ2v) is 7.57. The first-order chi connectivity index (χ1) is 11.8. The van der Waals surface area contributed by atoms with Crippen LogP contribution in [-0.2, 0) is 22.9 Å². The van der Waals surface area contributed by atoms with Gasteiger partial charge in [0.2, 0.25) is 0 Å². The standard InChI is InChI=1S/C17H21FN4O2S/c1-12-9-13(6-7-16(12)25(3,23)24)10-21-17(19-2)22-11-15-14(18)5-4-8-20-15/h4-9H,10-11H2,1-3H3,(H2,19,21,22). The van der Waals surface area contributed by atoms with Crippen LogP contribution in [0.3, 0.4) is 0 Å². The lowest BCUT2D eigenvalue weighted by atomic mass is 10.1. The lowest BCUT2D eigenvalue weighted by molar-refractivity contribution is 0.592. The van der Waals surface area contributed by atoms with Gasteiger partial charge in [-0.2, -0.15) is 0 Å². The Bertz CT molecular complexity index is 882. The van der Waals surface area contributed by atoms with Crippen LogP contribution in [0.1, 0.15) is 16.8 Å². The molecule has 0 aliphatic heterocycles. The van der Waals surface area contributed by atoms with Gasteiger partial charge in [-0.25, -0.2) is 12.8 Å². The molecule has 2 rings (SSSR count). The van der Waals surface area contributed by atoms with Gasteiger partial charge in [0.25, 0.3) is 0 Å². The van der Waals surface area contributed by atoms with E-state index in [0.29, 0.717) is 28.7 Å². The van der Waals surface area contributed by atoms with Gasteiger partial charge in [0.1, 0.15) is 5.82 Å². The number of guanidine groups is 1. The van der Waals surface area contributed by atoms with Gasteiger partial charge in [0, 0.05) is 26.0 Å². The van der Waals surface area contributed by atoms with Crippen molar-refractivity contribution in [3.05, 3.63) is 59.2 Å². The zero-order valence-electron chi connectivity index (χ0n) is 14.4. The zero-order chi connectivity index (χ0) is 18.4. The molecule has 0 saturated heterocycles. The Morgan fingerprint density at radius 2 is 1.96 bits per heavy atom. The molecule has 2 N–H and O–H groups in total. The molecule has 0 radical (unpaired) electrons. The average Bonchev–Trinajstić information content (AvgIpc) is 2.55. The highest BCUT2D eigenvalue weighted by Gasteiger charge is 2.11. The highest BCUT2D eigenvalue weighted by atomic mass is 32.2. The van der Waals surface area contributed by atoms with E-state index < -0.39 is 9.84 Å². The molecule has 0 atom stereocenters. The number of nitrogens with zero attached hydrogens (tertiary/aromatic N) is 2. The summed E-state index contributed by atoms with van der Waals surface area (Å²) < 4.78 is 36.8. The monoisotopic (exact) mass is 364 g/mol. The number of nitrogens with one attached hydrogen (secondary N) is 2. The van der Waals surface area contributed by atoms with Crippen molar-refractivity contribution < 1.29 is 12.8 Å². The summed E-state index contributed by atoms with van der Waals surface area (Å²) in [5.74, 6) is 0.118. The summed E-state index contributed by atoms with van der Waals surface area (Å²) >= 11 is 0. The van der Waals surface area contributed by atoms with Gasteiger partial charge in [-0.3, -0.25) is 9.98 Å². The Balaban J connectivity index is 1.97. The molecule has 1 heterocycles. The van der Waals surface area contributed by atoms with Crippen molar-refractivity contribution in [1.82, 2.24) is 15.6 Å². The molecule has 1 aromatic heterocycles. The molecule has 1 aromatic carbocycles. The topological polar surface area (TPSA) is 83.5 Å². The van der Waals surface area contributed by atoms with Crippen molar-refractivity contribution in [1.29, 1.82) is 0 Å². The van der Waals surface area contributed by atoms with Gasteiger partial charge in [-0.1, -0.05) is 12.1 Å². The molecule has 8 heteroatoms. The first kappa shape index (κ1) is 18.9. The molecule has 0 aliphatic rings. The van der Waals surface area contributed by atoms with E-state index >= 15 is 0 Å². The normalized spacial score (nSPS) is 12.1. The molecular formula is C17H21FN4O2S. The van der Waals surface area contributed by atoms with Crippen LogP contribution in [0.15, 0.2) is 46.4 Å². The number of aromatic nitrogens is 1. The molecule has 0 aliphatic carbocycles. The van der Waals surface area contributed by atoms with Gasteiger partial charge >= 0.3 is 0 Å². The zero-order valence-corrected chi connectivity index (χ0v) is 15.2. The average molecular weight is 364 g/mol. The smallest absolute Gasteiger partial charge is 0.191 e. The fraction of sp³-hybridized carbons (Fsp3) is 0.294. The van der Waals surface area contributed by atoms with Crippen molar-refractivity contribution in [2.45, 2.75) is 24.9 Å². The molecule has 25 heavy (non-hydrogen) atoms. The third-order valence-electron chi connectivity index (χ3n) is 3.58. The maximum atomic E-state index is 13.6. The van der Waals surface area contributed by atoms with Crippen LogP contribution in [0.4, 0.5) is 4.39 Å². The molecule has 0 amide bonds. The van der Waals surface area contributed by atoms with Crippen molar-refractivity contribution >= 4 is 15.8 Å². The molecular weight excluding hydrogens is 343 g/mol. The predicted octanol–water partition coefficient (Wildman–Crippen LogP) is 1.80. The first-order valence-electron chi connectivity index (χ1n) is 7.64. The lowest BCUT2D eigenvalue weighted by Crippen LogP contribution is -2.36. The largest absolute Gasteiger partial charge is 0.352 e. The van der Waals surface area contributed by atoms with E-state index in [4.69, 9.17) is 0 Å². The van der Waals surface area contributed by atoms with Crippen molar-refractivity contribution in [3.8, 4) is 0 Å². The Hall–Kier alpha value is -2.48. The SMILES string of the molecule is CN=C(NCc1ccc(S(C)(=O)=O)c(C)c1)NCc1ncccc1F. The van der Waals surface area contributed by atoms with E-state index in [9.17, 15) is 12.8 Å². The summed E-state index contributed by atoms with van der Waals surface area (Å²) in [7, 11) is -1.62. The summed E-state index contributed by atoms with van der Waals surface area (Å²) in [6.07, 6.45) is 2.72. The molecule has 0 fully saturated rings. The summed E-state index contributed by atoms with van der Waals surface area (Å²) in [5.41, 5.74) is 1.91. The van der Waals surface area contributed by atoms with Crippen molar-refractivity contribution in [3.63, 3.8) is 0 Å². The van der Waals surface area contributed by atoms with E-state index in [2.05, 4.69) is 20.6 Å². The number of pyridine rings is 1. The second kappa shape index (κ2) is 8.06. The molecule has 0 bridgehead atoms. The summed E-state index contributed by atoms with van der Waals surface area (Å²) in [6.45, 7) is 2.42. The number of sulfone groups is 1. The van der Waals surface area contributed by atoms with E-state index in [1.54, 1.807) is 26.1 Å². The number of halogens is 1. The second-order valence-electron chi connectivity index (χ2n) is 5.58. The first-order valence-corrected chi connectivity index (χ1v) is 9.54. The Morgan fingerprint density at radius 3 is 2.56 bits per heavy atom. The summed E-state index contributed by atoms with van der Waals surface area (Å²) in [6, 6.07) is 8.05. The van der Waals surface area contributed by atoms with Crippen molar-refractivity contribution in [2.75, 3.05) is 13.3 Å². The van der Waals surface area contributed by atoms with Gasteiger partial charge in [0.05, 0.1) is 17.1 Å². The van der Waals surface area contributed by atoms with Crippen LogP contribution < -0.4 is 10.6 Å². The summed E-state index contributed by atoms with van der Waals surface area (Å²) in [4.78, 5) is 8.37. The van der Waals surface area contributed by atoms with Crippen LogP contribution in [-0.4, -0.2) is 32.7 Å². The number of hydrogen-bond donors (Lipinski definition) is 2. The van der Waals surface area contributed by atoms with Crippen LogP contribution in [0.25, 0.3) is 0 Å². The molecule has 6 nitrogen and oxygen atoms in total. The van der Waals surface area contributed by atoms with E-state index in [1.165, 1.54) is 24.6 Å². The molecule has 134 valence electrons. The van der Waals surface area contributed by atoms with E-state index in [-0.39, 0.29) is 12.4 Å². The molecule has 0 unspecified atom stereocenters. The highest BCUT2D eigenvalue weighted by Crippen LogP contribution is 2.16. The maximum Gasteiger partial charge on any atom is 0.191 e. The third-order valence-corrected chi connectivity index (χ3v) is 4.84. The number of benzene rings is 1. The Morgan fingerprint density at radius 1 is 1.24 bits per heavy atom. The Labute approximate surface area is 147 Å². The van der Waals surface area contributed by atoms with Gasteiger partial charge in [-0.05, 0) is 36.2 Å². The van der Waals surface area contributed by atoms with Gasteiger partial charge in [-0.15, -0.1) is 0 Å². The highest BCUT2D eigenvalue weighted by molar-refractivity contribution is 7.90. The van der Waals surface area contributed by atoms with Crippen LogP contribution in [0.5, 0.6) is 0 Å². The number of rotatable bonds is 5. The van der Waals surface area contributed by atoms with Gasteiger partial charge < -0.3 is 10.6 Å². The Kier molecular flexibility index (Phi) is 6.08. The number of hydrogen-bond acceptors (Lipinski definition) is 4. The molecule has 2 aromatic rings. The van der Waals surface area contributed by atoms with Crippen molar-refractivity contribution in [2.24, 2.45) is 4.99 Å². The summed E-state index contributed by atoms with van der Waals surface area (Å²) in [5, 5.41) is 6.09. The quantitative estimate of drug-likeness (QED) is 0.624. The maximum absolute atomic E-state index is 13.6. The fourth-order valence-electron chi connectivity index (χ4n) is 2.36.